The molecule has 2 unspecified atom stereocenters. The molecule has 0 aromatic heterocycles. The average molecular weight is 257 g/mol. The van der Waals surface area contributed by atoms with Crippen LogP contribution in [0, 0.1) is 12.7 Å². The molecule has 2 aromatic carbocycles. The molecule has 0 aliphatic carbocycles. The minimum absolute atomic E-state index is 0.126. The number of nitrogens with two attached hydrogens (primary N) is 1. The second-order valence-electron chi connectivity index (χ2n) is 4.99. The van der Waals surface area contributed by atoms with Crippen LogP contribution in [0.5, 0.6) is 5.75 Å². The van der Waals surface area contributed by atoms with Crippen molar-refractivity contribution in [3.05, 3.63) is 65.0 Å². The molecule has 19 heavy (non-hydrogen) atoms. The van der Waals surface area contributed by atoms with Gasteiger partial charge in [0.05, 0.1) is 6.61 Å². The standard InChI is InChI=1S/C16H16FNO/c1-10-8-11(6-7-14(10)17)16(18)13-9-19-15-5-3-2-4-12(13)15/h2-8,13,16H,9,18H2,1H3. The monoisotopic (exact) mass is 257 g/mol. The molecular formula is C16H16FNO. The fraction of sp³-hybridized carbons (Fsp3) is 0.250. The van der Waals surface area contributed by atoms with Crippen LogP contribution in [0.4, 0.5) is 4.39 Å². The zero-order valence-corrected chi connectivity index (χ0v) is 10.8. The fourth-order valence-corrected chi connectivity index (χ4v) is 2.59. The first-order valence-electron chi connectivity index (χ1n) is 6.40. The summed E-state index contributed by atoms with van der Waals surface area (Å²) in [4.78, 5) is 0. The number of benzene rings is 2. The Labute approximate surface area is 112 Å². The molecule has 1 aliphatic heterocycles. The summed E-state index contributed by atoms with van der Waals surface area (Å²) in [5, 5.41) is 0. The lowest BCUT2D eigenvalue weighted by Gasteiger charge is -2.19. The molecule has 0 saturated heterocycles. The van der Waals surface area contributed by atoms with Crippen molar-refractivity contribution in [3.8, 4) is 5.75 Å². The lowest BCUT2D eigenvalue weighted by molar-refractivity contribution is 0.315. The molecule has 3 rings (SSSR count). The topological polar surface area (TPSA) is 35.2 Å². The van der Waals surface area contributed by atoms with Gasteiger partial charge in [0.2, 0.25) is 0 Å². The van der Waals surface area contributed by atoms with Crippen molar-refractivity contribution in [2.75, 3.05) is 6.61 Å². The van der Waals surface area contributed by atoms with Gasteiger partial charge in [-0.3, -0.25) is 0 Å². The van der Waals surface area contributed by atoms with Crippen LogP contribution in [0.1, 0.15) is 28.7 Å². The minimum Gasteiger partial charge on any atom is -0.493 e. The Kier molecular flexibility index (Phi) is 2.99. The Balaban J connectivity index is 1.93. The number of hydrogen-bond acceptors (Lipinski definition) is 2. The Morgan fingerprint density at radius 1 is 1.26 bits per heavy atom. The number of aryl methyl sites for hydroxylation is 1. The van der Waals surface area contributed by atoms with Crippen molar-refractivity contribution in [2.24, 2.45) is 5.73 Å². The van der Waals surface area contributed by atoms with Crippen molar-refractivity contribution in [3.63, 3.8) is 0 Å². The van der Waals surface area contributed by atoms with Gasteiger partial charge < -0.3 is 10.5 Å². The maximum absolute atomic E-state index is 13.3. The number of para-hydroxylation sites is 1. The molecule has 2 nitrogen and oxygen atoms in total. The SMILES string of the molecule is Cc1cc(C(N)C2COc3ccccc32)ccc1F. The summed E-state index contributed by atoms with van der Waals surface area (Å²) in [7, 11) is 0. The zero-order valence-electron chi connectivity index (χ0n) is 10.8. The third kappa shape index (κ3) is 2.10. The Hall–Kier alpha value is -1.87. The summed E-state index contributed by atoms with van der Waals surface area (Å²) in [5.41, 5.74) is 9.04. The van der Waals surface area contributed by atoms with Gasteiger partial charge in [0, 0.05) is 17.5 Å². The number of rotatable bonds is 2. The van der Waals surface area contributed by atoms with Crippen molar-refractivity contribution in [1.29, 1.82) is 0 Å². The van der Waals surface area contributed by atoms with Crippen molar-refractivity contribution < 1.29 is 9.13 Å². The van der Waals surface area contributed by atoms with Crippen LogP contribution >= 0.6 is 0 Å². The van der Waals surface area contributed by atoms with Crippen LogP contribution < -0.4 is 10.5 Å². The molecule has 1 aliphatic rings. The van der Waals surface area contributed by atoms with E-state index in [-0.39, 0.29) is 17.8 Å². The van der Waals surface area contributed by atoms with Crippen LogP contribution in [0.2, 0.25) is 0 Å². The van der Waals surface area contributed by atoms with Gasteiger partial charge in [0.1, 0.15) is 11.6 Å². The molecule has 0 amide bonds. The van der Waals surface area contributed by atoms with E-state index in [2.05, 4.69) is 0 Å². The highest BCUT2D eigenvalue weighted by atomic mass is 19.1. The van der Waals surface area contributed by atoms with E-state index < -0.39 is 0 Å². The number of fused-ring (bicyclic) bond motifs is 1. The van der Waals surface area contributed by atoms with Crippen LogP contribution in [0.25, 0.3) is 0 Å². The van der Waals surface area contributed by atoms with Gasteiger partial charge in [0.15, 0.2) is 0 Å². The largest absolute Gasteiger partial charge is 0.493 e. The lowest BCUT2D eigenvalue weighted by Crippen LogP contribution is -2.21. The van der Waals surface area contributed by atoms with Gasteiger partial charge >= 0.3 is 0 Å². The van der Waals surface area contributed by atoms with Gasteiger partial charge in [-0.2, -0.15) is 0 Å². The Morgan fingerprint density at radius 3 is 2.84 bits per heavy atom. The van der Waals surface area contributed by atoms with E-state index in [0.29, 0.717) is 12.2 Å². The molecule has 1 heterocycles. The number of halogens is 1. The summed E-state index contributed by atoms with van der Waals surface area (Å²) in [5.74, 6) is 0.835. The van der Waals surface area contributed by atoms with Crippen molar-refractivity contribution in [1.82, 2.24) is 0 Å². The predicted molar refractivity (Wildman–Crippen MR) is 72.7 cm³/mol. The molecule has 3 heteroatoms. The van der Waals surface area contributed by atoms with Gasteiger partial charge in [-0.1, -0.05) is 30.3 Å². The van der Waals surface area contributed by atoms with Crippen LogP contribution in [-0.2, 0) is 0 Å². The van der Waals surface area contributed by atoms with Crippen molar-refractivity contribution in [2.45, 2.75) is 18.9 Å². The molecule has 0 spiro atoms. The highest BCUT2D eigenvalue weighted by molar-refractivity contribution is 5.42. The molecule has 0 radical (unpaired) electrons. The van der Waals surface area contributed by atoms with E-state index in [4.69, 9.17) is 10.5 Å². The Bertz CT molecular complexity index is 611. The summed E-state index contributed by atoms with van der Waals surface area (Å²) in [6.07, 6.45) is 0. The molecule has 2 aromatic rings. The first kappa shape index (κ1) is 12.2. The first-order valence-corrected chi connectivity index (χ1v) is 6.40. The molecule has 0 fully saturated rings. The molecule has 0 bridgehead atoms. The molecular weight excluding hydrogens is 241 g/mol. The van der Waals surface area contributed by atoms with Gasteiger partial charge in [-0.25, -0.2) is 4.39 Å². The number of ether oxygens (including phenoxy) is 1. The highest BCUT2D eigenvalue weighted by Crippen LogP contribution is 2.40. The van der Waals surface area contributed by atoms with Gasteiger partial charge in [-0.05, 0) is 30.2 Å². The zero-order chi connectivity index (χ0) is 13.4. The maximum Gasteiger partial charge on any atom is 0.126 e. The summed E-state index contributed by atoms with van der Waals surface area (Å²) in [6.45, 7) is 2.33. The Morgan fingerprint density at radius 2 is 2.05 bits per heavy atom. The second kappa shape index (κ2) is 4.67. The lowest BCUT2D eigenvalue weighted by atomic mass is 9.88. The van der Waals surface area contributed by atoms with E-state index in [9.17, 15) is 4.39 Å². The minimum atomic E-state index is -0.195. The molecule has 2 atom stereocenters. The van der Waals surface area contributed by atoms with Crippen LogP contribution in [0.15, 0.2) is 42.5 Å². The summed E-state index contributed by atoms with van der Waals surface area (Å²) in [6, 6.07) is 12.8. The van der Waals surface area contributed by atoms with Gasteiger partial charge in [0.25, 0.3) is 0 Å². The molecule has 0 saturated carbocycles. The molecule has 2 N–H and O–H groups in total. The van der Waals surface area contributed by atoms with Gasteiger partial charge in [-0.15, -0.1) is 0 Å². The number of hydrogen-bond donors (Lipinski definition) is 1. The molecule has 98 valence electrons. The normalized spacial score (nSPS) is 18.8. The third-order valence-corrected chi connectivity index (χ3v) is 3.74. The fourth-order valence-electron chi connectivity index (χ4n) is 2.59. The highest BCUT2D eigenvalue weighted by Gasteiger charge is 2.30. The average Bonchev–Trinajstić information content (AvgIpc) is 2.85. The van der Waals surface area contributed by atoms with E-state index in [1.54, 1.807) is 13.0 Å². The van der Waals surface area contributed by atoms with Crippen LogP contribution in [-0.4, -0.2) is 6.61 Å². The van der Waals surface area contributed by atoms with E-state index >= 15 is 0 Å². The first-order chi connectivity index (χ1) is 9.16. The van der Waals surface area contributed by atoms with Crippen LogP contribution in [0.3, 0.4) is 0 Å². The third-order valence-electron chi connectivity index (χ3n) is 3.74. The smallest absolute Gasteiger partial charge is 0.126 e. The van der Waals surface area contributed by atoms with Crippen molar-refractivity contribution >= 4 is 0 Å². The second-order valence-corrected chi connectivity index (χ2v) is 4.99. The quantitative estimate of drug-likeness (QED) is 0.895. The maximum atomic E-state index is 13.3. The van der Waals surface area contributed by atoms with E-state index in [0.717, 1.165) is 16.9 Å². The predicted octanol–water partition coefficient (Wildman–Crippen LogP) is 3.31. The van der Waals surface area contributed by atoms with E-state index in [1.807, 2.05) is 30.3 Å². The van der Waals surface area contributed by atoms with E-state index in [1.165, 1.54) is 6.07 Å². The summed E-state index contributed by atoms with van der Waals surface area (Å²) < 4.78 is 19.0. The summed E-state index contributed by atoms with van der Waals surface area (Å²) >= 11 is 0.